The van der Waals surface area contributed by atoms with Gasteiger partial charge in [0.15, 0.2) is 0 Å². The van der Waals surface area contributed by atoms with E-state index in [9.17, 15) is 9.90 Å². The number of carboxylic acid groups (broad SMARTS) is 1. The maximum Gasteiger partial charge on any atom is 0.306 e. The van der Waals surface area contributed by atoms with Crippen molar-refractivity contribution in [3.63, 3.8) is 0 Å². The Morgan fingerprint density at radius 3 is 2.63 bits per heavy atom. The molecule has 3 nitrogen and oxygen atoms in total. The van der Waals surface area contributed by atoms with Gasteiger partial charge in [0.2, 0.25) is 0 Å². The summed E-state index contributed by atoms with van der Waals surface area (Å²) < 4.78 is 0. The van der Waals surface area contributed by atoms with Crippen LogP contribution < -0.4 is 5.32 Å². The third-order valence-corrected chi connectivity index (χ3v) is 5.15. The van der Waals surface area contributed by atoms with Crippen molar-refractivity contribution in [2.45, 2.75) is 70.8 Å². The second kappa shape index (κ2) is 7.28. The minimum atomic E-state index is -0.582. The van der Waals surface area contributed by atoms with Crippen LogP contribution >= 0.6 is 0 Å². The fourth-order valence-electron chi connectivity index (χ4n) is 3.79. The number of hydrogen-bond donors (Lipinski definition) is 2. The third kappa shape index (κ3) is 4.48. The average Bonchev–Trinajstić information content (AvgIpc) is 2.61. The van der Waals surface area contributed by atoms with E-state index in [1.807, 2.05) is 0 Å². The van der Waals surface area contributed by atoms with Crippen LogP contribution in [0.3, 0.4) is 0 Å². The monoisotopic (exact) mass is 267 g/mol. The number of nitrogens with one attached hydrogen (secondary N) is 1. The van der Waals surface area contributed by atoms with Gasteiger partial charge in [-0.1, -0.05) is 32.6 Å². The quantitative estimate of drug-likeness (QED) is 0.767. The Morgan fingerprint density at radius 1 is 1.05 bits per heavy atom. The minimum Gasteiger partial charge on any atom is -0.481 e. The summed E-state index contributed by atoms with van der Waals surface area (Å²) in [5.41, 5.74) is 0. The second-order valence-corrected chi connectivity index (χ2v) is 6.71. The SMILES string of the molecule is CC1CCCC(NCC2CCCCC2C(=O)O)CC1. The molecule has 0 aromatic rings. The highest BCUT2D eigenvalue weighted by atomic mass is 16.4. The van der Waals surface area contributed by atoms with E-state index in [0.29, 0.717) is 12.0 Å². The first-order valence-electron chi connectivity index (χ1n) is 8.13. The molecule has 0 aromatic heterocycles. The van der Waals surface area contributed by atoms with Crippen LogP contribution in [0.5, 0.6) is 0 Å². The first kappa shape index (κ1) is 14.8. The summed E-state index contributed by atoms with van der Waals surface area (Å²) in [5.74, 6) is 0.534. The number of aliphatic carboxylic acids is 1. The zero-order valence-electron chi connectivity index (χ0n) is 12.2. The molecule has 0 spiro atoms. The first-order chi connectivity index (χ1) is 9.16. The summed E-state index contributed by atoms with van der Waals surface area (Å²) in [6.07, 6.45) is 10.8. The fourth-order valence-corrected chi connectivity index (χ4v) is 3.79. The van der Waals surface area contributed by atoms with Gasteiger partial charge < -0.3 is 10.4 Å². The summed E-state index contributed by atoms with van der Waals surface area (Å²) in [5, 5.41) is 13.0. The molecule has 2 rings (SSSR count). The molecule has 2 saturated carbocycles. The fraction of sp³-hybridized carbons (Fsp3) is 0.938. The Labute approximate surface area is 117 Å². The molecule has 0 saturated heterocycles. The second-order valence-electron chi connectivity index (χ2n) is 6.71. The van der Waals surface area contributed by atoms with Crippen LogP contribution in [-0.4, -0.2) is 23.7 Å². The highest BCUT2D eigenvalue weighted by Crippen LogP contribution is 2.30. The summed E-state index contributed by atoms with van der Waals surface area (Å²) in [7, 11) is 0. The third-order valence-electron chi connectivity index (χ3n) is 5.15. The Balaban J connectivity index is 1.78. The van der Waals surface area contributed by atoms with E-state index in [-0.39, 0.29) is 5.92 Å². The molecule has 2 fully saturated rings. The van der Waals surface area contributed by atoms with Crippen molar-refractivity contribution in [2.24, 2.45) is 17.8 Å². The average molecular weight is 267 g/mol. The smallest absolute Gasteiger partial charge is 0.306 e. The molecule has 4 atom stereocenters. The lowest BCUT2D eigenvalue weighted by Crippen LogP contribution is -2.39. The van der Waals surface area contributed by atoms with Crippen LogP contribution in [0.25, 0.3) is 0 Å². The maximum atomic E-state index is 11.3. The molecule has 0 amide bonds. The van der Waals surface area contributed by atoms with Gasteiger partial charge in [0.1, 0.15) is 0 Å². The topological polar surface area (TPSA) is 49.3 Å². The van der Waals surface area contributed by atoms with Crippen LogP contribution in [-0.2, 0) is 4.79 Å². The van der Waals surface area contributed by atoms with Gasteiger partial charge in [-0.25, -0.2) is 0 Å². The van der Waals surface area contributed by atoms with Gasteiger partial charge >= 0.3 is 5.97 Å². The van der Waals surface area contributed by atoms with E-state index in [1.165, 1.54) is 38.5 Å². The molecule has 3 heteroatoms. The molecule has 0 bridgehead atoms. The molecular weight excluding hydrogens is 238 g/mol. The standard InChI is InChI=1S/C16H29NO2/c1-12-5-4-7-14(10-9-12)17-11-13-6-2-3-8-15(13)16(18)19/h12-15,17H,2-11H2,1H3,(H,18,19). The van der Waals surface area contributed by atoms with Crippen molar-refractivity contribution in [3.05, 3.63) is 0 Å². The zero-order chi connectivity index (χ0) is 13.7. The number of carbonyl (C=O) groups is 1. The largest absolute Gasteiger partial charge is 0.481 e. The van der Waals surface area contributed by atoms with Crippen molar-refractivity contribution in [2.75, 3.05) is 6.54 Å². The van der Waals surface area contributed by atoms with Crippen molar-refractivity contribution in [3.8, 4) is 0 Å². The molecule has 2 aliphatic carbocycles. The van der Waals surface area contributed by atoms with Gasteiger partial charge in [-0.15, -0.1) is 0 Å². The van der Waals surface area contributed by atoms with Gasteiger partial charge in [0.25, 0.3) is 0 Å². The molecule has 0 aliphatic heterocycles. The van der Waals surface area contributed by atoms with Crippen molar-refractivity contribution >= 4 is 5.97 Å². The normalized spacial score (nSPS) is 36.7. The first-order valence-corrected chi connectivity index (χ1v) is 8.13. The summed E-state index contributed by atoms with van der Waals surface area (Å²) in [6.45, 7) is 3.26. The minimum absolute atomic E-state index is 0.106. The van der Waals surface area contributed by atoms with Gasteiger partial charge in [-0.2, -0.15) is 0 Å². The van der Waals surface area contributed by atoms with Crippen LogP contribution in [0.15, 0.2) is 0 Å². The predicted molar refractivity (Wildman–Crippen MR) is 77.1 cm³/mol. The molecule has 110 valence electrons. The van der Waals surface area contributed by atoms with Gasteiger partial charge in [-0.3, -0.25) is 4.79 Å². The van der Waals surface area contributed by atoms with E-state index >= 15 is 0 Å². The van der Waals surface area contributed by atoms with Gasteiger partial charge in [-0.05, 0) is 50.5 Å². The predicted octanol–water partition coefficient (Wildman–Crippen LogP) is 3.44. The lowest BCUT2D eigenvalue weighted by Gasteiger charge is -2.30. The highest BCUT2D eigenvalue weighted by molar-refractivity contribution is 5.70. The zero-order valence-corrected chi connectivity index (χ0v) is 12.2. The Morgan fingerprint density at radius 2 is 1.84 bits per heavy atom. The lowest BCUT2D eigenvalue weighted by atomic mass is 9.79. The lowest BCUT2D eigenvalue weighted by molar-refractivity contribution is -0.144. The van der Waals surface area contributed by atoms with E-state index in [1.54, 1.807) is 0 Å². The van der Waals surface area contributed by atoms with E-state index in [4.69, 9.17) is 0 Å². The van der Waals surface area contributed by atoms with Crippen LogP contribution in [0.2, 0.25) is 0 Å². The van der Waals surface area contributed by atoms with Crippen molar-refractivity contribution in [1.82, 2.24) is 5.32 Å². The molecule has 2 aliphatic rings. The molecule has 4 unspecified atom stereocenters. The molecule has 19 heavy (non-hydrogen) atoms. The van der Waals surface area contributed by atoms with Crippen molar-refractivity contribution < 1.29 is 9.90 Å². The van der Waals surface area contributed by atoms with E-state index in [0.717, 1.165) is 31.7 Å². The van der Waals surface area contributed by atoms with Crippen LogP contribution in [0.4, 0.5) is 0 Å². The van der Waals surface area contributed by atoms with Crippen LogP contribution in [0.1, 0.15) is 64.7 Å². The number of carboxylic acids is 1. The number of hydrogen-bond acceptors (Lipinski definition) is 2. The van der Waals surface area contributed by atoms with E-state index in [2.05, 4.69) is 12.2 Å². The molecular formula is C16H29NO2. The molecule has 0 radical (unpaired) electrons. The van der Waals surface area contributed by atoms with Crippen molar-refractivity contribution in [1.29, 1.82) is 0 Å². The Kier molecular flexibility index (Phi) is 5.68. The van der Waals surface area contributed by atoms with Gasteiger partial charge in [0, 0.05) is 6.04 Å². The molecule has 2 N–H and O–H groups in total. The van der Waals surface area contributed by atoms with E-state index < -0.39 is 5.97 Å². The maximum absolute atomic E-state index is 11.3. The molecule has 0 aromatic carbocycles. The Bertz CT molecular complexity index is 292. The van der Waals surface area contributed by atoms with Gasteiger partial charge in [0.05, 0.1) is 5.92 Å². The Hall–Kier alpha value is -0.570. The summed E-state index contributed by atoms with van der Waals surface area (Å²) in [6, 6.07) is 0.626. The molecule has 0 heterocycles. The number of rotatable bonds is 4. The highest BCUT2D eigenvalue weighted by Gasteiger charge is 2.31. The summed E-state index contributed by atoms with van der Waals surface area (Å²) >= 11 is 0. The summed E-state index contributed by atoms with van der Waals surface area (Å²) in [4.78, 5) is 11.3. The van der Waals surface area contributed by atoms with Crippen LogP contribution in [0, 0.1) is 17.8 Å².